The third-order valence-electron chi connectivity index (χ3n) is 9.76. The molecule has 2 atom stereocenters. The van der Waals surface area contributed by atoms with E-state index >= 15 is 0 Å². The van der Waals surface area contributed by atoms with Crippen molar-refractivity contribution < 1.29 is 28.6 Å². The van der Waals surface area contributed by atoms with Gasteiger partial charge in [-0.1, -0.05) is 183 Å². The molecule has 0 amide bonds. The molecule has 0 aliphatic rings. The van der Waals surface area contributed by atoms with Gasteiger partial charge in [-0.2, -0.15) is 0 Å². The van der Waals surface area contributed by atoms with Gasteiger partial charge in [0.1, 0.15) is 13.2 Å². The minimum Gasteiger partial charge on any atom is -0.462 e. The maximum absolute atomic E-state index is 12.7. The second kappa shape index (κ2) is 34.8. The third-order valence-corrected chi connectivity index (χ3v) is 9.76. The number of esters is 3. The average Bonchev–Trinajstić information content (AvgIpc) is 3.06. The van der Waals surface area contributed by atoms with E-state index in [2.05, 4.69) is 41.5 Å². The number of hydrogen-bond acceptors (Lipinski definition) is 6. The number of carbonyl (C=O) groups is 3. The van der Waals surface area contributed by atoms with Crippen molar-refractivity contribution in [1.82, 2.24) is 0 Å². The standard InChI is InChI=1S/C43H82O6/c1-7-39(6)31-25-19-14-16-21-27-33-42(45)48-36-40(35-47-41(44)32-26-20-15-13-18-24-30-38(4)5)49-43(46)34-28-22-12-10-8-9-11-17-23-29-37(2)3/h37-40H,7-36H2,1-6H3/t39?,40-/m0/s1. The number of ether oxygens (including phenoxy) is 3. The normalized spacial score (nSPS) is 12.7. The lowest BCUT2D eigenvalue weighted by molar-refractivity contribution is -0.167. The highest BCUT2D eigenvalue weighted by molar-refractivity contribution is 5.71. The van der Waals surface area contributed by atoms with Crippen LogP contribution in [0, 0.1) is 17.8 Å². The van der Waals surface area contributed by atoms with Crippen molar-refractivity contribution in [1.29, 1.82) is 0 Å². The number of rotatable bonds is 36. The number of hydrogen-bond donors (Lipinski definition) is 0. The Labute approximate surface area is 304 Å². The first-order chi connectivity index (χ1) is 23.6. The minimum atomic E-state index is -0.762. The van der Waals surface area contributed by atoms with Crippen LogP contribution in [-0.2, 0) is 28.6 Å². The Bertz CT molecular complexity index is 763. The molecule has 0 aromatic carbocycles. The number of carbonyl (C=O) groups excluding carboxylic acids is 3. The highest BCUT2D eigenvalue weighted by atomic mass is 16.6. The third kappa shape index (κ3) is 36.0. The summed E-state index contributed by atoms with van der Waals surface area (Å²) >= 11 is 0. The zero-order chi connectivity index (χ0) is 36.4. The van der Waals surface area contributed by atoms with Gasteiger partial charge in [0.15, 0.2) is 6.10 Å². The smallest absolute Gasteiger partial charge is 0.306 e. The molecular weight excluding hydrogens is 612 g/mol. The Morgan fingerprint density at radius 1 is 0.408 bits per heavy atom. The Balaban J connectivity index is 4.37. The van der Waals surface area contributed by atoms with Crippen LogP contribution < -0.4 is 0 Å². The van der Waals surface area contributed by atoms with Crippen molar-refractivity contribution >= 4 is 17.9 Å². The van der Waals surface area contributed by atoms with Gasteiger partial charge in [0.05, 0.1) is 0 Å². The molecule has 0 aliphatic carbocycles. The molecule has 49 heavy (non-hydrogen) atoms. The zero-order valence-electron chi connectivity index (χ0n) is 33.5. The maximum Gasteiger partial charge on any atom is 0.306 e. The van der Waals surface area contributed by atoms with Crippen LogP contribution in [0.3, 0.4) is 0 Å². The summed E-state index contributed by atoms with van der Waals surface area (Å²) in [5.74, 6) is 1.51. The first-order valence-corrected chi connectivity index (χ1v) is 21.1. The van der Waals surface area contributed by atoms with Crippen molar-refractivity contribution in [2.75, 3.05) is 13.2 Å². The van der Waals surface area contributed by atoms with Crippen molar-refractivity contribution in [3.8, 4) is 0 Å². The predicted octanol–water partition coefficient (Wildman–Crippen LogP) is 12.9. The molecule has 1 unspecified atom stereocenters. The van der Waals surface area contributed by atoms with Gasteiger partial charge in [-0.15, -0.1) is 0 Å². The van der Waals surface area contributed by atoms with E-state index in [1.807, 2.05) is 0 Å². The minimum absolute atomic E-state index is 0.0684. The molecule has 0 fully saturated rings. The molecule has 0 heterocycles. The van der Waals surface area contributed by atoms with Gasteiger partial charge in [-0.05, 0) is 37.0 Å². The fourth-order valence-electron chi connectivity index (χ4n) is 6.14. The molecule has 0 spiro atoms. The fraction of sp³-hybridized carbons (Fsp3) is 0.930. The van der Waals surface area contributed by atoms with Crippen molar-refractivity contribution in [3.63, 3.8) is 0 Å². The van der Waals surface area contributed by atoms with Gasteiger partial charge in [-0.25, -0.2) is 0 Å². The molecule has 0 radical (unpaired) electrons. The molecule has 290 valence electrons. The van der Waals surface area contributed by atoms with Crippen molar-refractivity contribution in [2.45, 2.75) is 227 Å². The molecule has 6 nitrogen and oxygen atoms in total. The fourth-order valence-corrected chi connectivity index (χ4v) is 6.14. The summed E-state index contributed by atoms with van der Waals surface area (Å²) in [6, 6.07) is 0. The van der Waals surface area contributed by atoms with Gasteiger partial charge >= 0.3 is 17.9 Å². The van der Waals surface area contributed by atoms with Crippen LogP contribution in [-0.4, -0.2) is 37.2 Å². The van der Waals surface area contributed by atoms with E-state index in [1.165, 1.54) is 103 Å². The lowest BCUT2D eigenvalue weighted by Gasteiger charge is -2.18. The first kappa shape index (κ1) is 47.4. The Morgan fingerprint density at radius 2 is 0.714 bits per heavy atom. The van der Waals surface area contributed by atoms with Crippen LogP contribution in [0.15, 0.2) is 0 Å². The summed E-state index contributed by atoms with van der Waals surface area (Å²) in [6.45, 7) is 13.5. The molecule has 0 rings (SSSR count). The summed E-state index contributed by atoms with van der Waals surface area (Å²) in [7, 11) is 0. The van der Waals surface area contributed by atoms with Crippen LogP contribution in [0.5, 0.6) is 0 Å². The highest BCUT2D eigenvalue weighted by Gasteiger charge is 2.19. The summed E-state index contributed by atoms with van der Waals surface area (Å²) < 4.78 is 16.6. The predicted molar refractivity (Wildman–Crippen MR) is 206 cm³/mol. The van der Waals surface area contributed by atoms with E-state index in [0.29, 0.717) is 19.3 Å². The molecular formula is C43H82O6. The first-order valence-electron chi connectivity index (χ1n) is 21.1. The maximum atomic E-state index is 12.7. The van der Waals surface area contributed by atoms with E-state index in [0.717, 1.165) is 75.5 Å². The summed E-state index contributed by atoms with van der Waals surface area (Å²) in [5.41, 5.74) is 0. The SMILES string of the molecule is CCC(C)CCCCCCCCC(=O)OC[C@H](COC(=O)CCCCCCCCC(C)C)OC(=O)CCCCCCCCCCCC(C)C. The molecule has 0 aromatic rings. The lowest BCUT2D eigenvalue weighted by Crippen LogP contribution is -2.30. The quantitative estimate of drug-likeness (QED) is 0.0369. The second-order valence-corrected chi connectivity index (χ2v) is 15.8. The summed E-state index contributed by atoms with van der Waals surface area (Å²) in [5, 5.41) is 0. The Hall–Kier alpha value is -1.59. The molecule has 0 aliphatic heterocycles. The van der Waals surface area contributed by atoms with Crippen molar-refractivity contribution in [2.24, 2.45) is 17.8 Å². The van der Waals surface area contributed by atoms with Gasteiger partial charge in [0.2, 0.25) is 0 Å². The van der Waals surface area contributed by atoms with Crippen molar-refractivity contribution in [3.05, 3.63) is 0 Å². The van der Waals surface area contributed by atoms with E-state index < -0.39 is 6.10 Å². The molecule has 0 saturated carbocycles. The zero-order valence-corrected chi connectivity index (χ0v) is 33.5. The van der Waals surface area contributed by atoms with E-state index in [1.54, 1.807) is 0 Å². The van der Waals surface area contributed by atoms with Gasteiger partial charge in [0.25, 0.3) is 0 Å². The molecule has 0 bridgehead atoms. The summed E-state index contributed by atoms with van der Waals surface area (Å²) in [6.07, 6.45) is 29.6. The monoisotopic (exact) mass is 695 g/mol. The van der Waals surface area contributed by atoms with Crippen LogP contribution in [0.2, 0.25) is 0 Å². The molecule has 0 N–H and O–H groups in total. The highest BCUT2D eigenvalue weighted by Crippen LogP contribution is 2.16. The van der Waals surface area contributed by atoms with E-state index in [4.69, 9.17) is 14.2 Å². The van der Waals surface area contributed by atoms with Crippen LogP contribution in [0.4, 0.5) is 0 Å². The van der Waals surface area contributed by atoms with Crippen LogP contribution in [0.25, 0.3) is 0 Å². The molecule has 6 heteroatoms. The van der Waals surface area contributed by atoms with E-state index in [-0.39, 0.29) is 31.1 Å². The molecule has 0 saturated heterocycles. The van der Waals surface area contributed by atoms with Gasteiger partial charge < -0.3 is 14.2 Å². The second-order valence-electron chi connectivity index (χ2n) is 15.8. The van der Waals surface area contributed by atoms with Crippen LogP contribution >= 0.6 is 0 Å². The van der Waals surface area contributed by atoms with Crippen LogP contribution in [0.1, 0.15) is 221 Å². The van der Waals surface area contributed by atoms with Gasteiger partial charge in [-0.3, -0.25) is 14.4 Å². The Morgan fingerprint density at radius 3 is 1.06 bits per heavy atom. The largest absolute Gasteiger partial charge is 0.462 e. The summed E-state index contributed by atoms with van der Waals surface area (Å²) in [4.78, 5) is 37.5. The van der Waals surface area contributed by atoms with Gasteiger partial charge in [0, 0.05) is 19.3 Å². The molecule has 0 aromatic heterocycles. The van der Waals surface area contributed by atoms with E-state index in [9.17, 15) is 14.4 Å². The number of unbranched alkanes of at least 4 members (excludes halogenated alkanes) is 18. The lowest BCUT2D eigenvalue weighted by atomic mass is 10.00. The Kier molecular flexibility index (Phi) is 33.7. The average molecular weight is 695 g/mol. The topological polar surface area (TPSA) is 78.9 Å².